The van der Waals surface area contributed by atoms with Gasteiger partial charge in [0.1, 0.15) is 0 Å². The number of benzene rings is 3. The molecule has 1 fully saturated rings. The van der Waals surface area contributed by atoms with E-state index in [0.29, 0.717) is 29.2 Å². The number of nitrogens with one attached hydrogen (secondary N) is 4. The largest absolute Gasteiger partial charge is 0.348 e. The van der Waals surface area contributed by atoms with Crippen LogP contribution in [0.1, 0.15) is 34.3 Å². The fraction of sp³-hybridized carbons (Fsp3) is 0.192. The molecule has 1 aliphatic carbocycles. The van der Waals surface area contributed by atoms with Gasteiger partial charge in [-0.15, -0.1) is 0 Å². The Labute approximate surface area is 192 Å². The molecule has 0 unspecified atom stereocenters. The molecule has 4 N–H and O–H groups in total. The van der Waals surface area contributed by atoms with Crippen molar-refractivity contribution < 1.29 is 14.4 Å². The summed E-state index contributed by atoms with van der Waals surface area (Å²) in [5.41, 5.74) is 4.45. The highest BCUT2D eigenvalue weighted by Crippen LogP contribution is 2.30. The maximum atomic E-state index is 12.5. The summed E-state index contributed by atoms with van der Waals surface area (Å²) in [6.07, 6.45) is 1.89. The summed E-state index contributed by atoms with van der Waals surface area (Å²) in [5.74, 6) is -0.0503. The summed E-state index contributed by atoms with van der Waals surface area (Å²) in [5, 5.41) is 11.3. The molecule has 3 aromatic rings. The zero-order valence-corrected chi connectivity index (χ0v) is 18.4. The van der Waals surface area contributed by atoms with Crippen molar-refractivity contribution in [1.82, 2.24) is 5.32 Å². The Hall–Kier alpha value is -4.13. The maximum absolute atomic E-state index is 12.5. The van der Waals surface area contributed by atoms with E-state index in [0.717, 1.165) is 24.0 Å². The van der Waals surface area contributed by atoms with Crippen LogP contribution in [0.15, 0.2) is 72.8 Å². The van der Waals surface area contributed by atoms with Crippen LogP contribution < -0.4 is 21.3 Å². The van der Waals surface area contributed by atoms with Gasteiger partial charge < -0.3 is 21.3 Å². The summed E-state index contributed by atoms with van der Waals surface area (Å²) in [6, 6.07) is 21.3. The molecule has 0 aliphatic heterocycles. The lowest BCUT2D eigenvalue weighted by Crippen LogP contribution is -2.23. The first-order valence-corrected chi connectivity index (χ1v) is 10.9. The van der Waals surface area contributed by atoms with Crippen molar-refractivity contribution in [2.75, 3.05) is 16.0 Å². The van der Waals surface area contributed by atoms with Crippen molar-refractivity contribution in [3.8, 4) is 0 Å². The molecule has 0 saturated heterocycles. The summed E-state index contributed by atoms with van der Waals surface area (Å²) in [6.45, 7) is 2.27. The molecule has 7 heteroatoms. The van der Waals surface area contributed by atoms with Gasteiger partial charge in [0.2, 0.25) is 5.91 Å². The number of hydrogen-bond acceptors (Lipinski definition) is 3. The van der Waals surface area contributed by atoms with E-state index >= 15 is 0 Å². The fourth-order valence-electron chi connectivity index (χ4n) is 3.35. The van der Waals surface area contributed by atoms with E-state index in [9.17, 15) is 14.4 Å². The molecule has 0 radical (unpaired) electrons. The zero-order chi connectivity index (χ0) is 23.2. The van der Waals surface area contributed by atoms with E-state index in [1.54, 1.807) is 30.3 Å². The maximum Gasteiger partial charge on any atom is 0.323 e. The third kappa shape index (κ3) is 6.43. The molecule has 0 heterocycles. The fourth-order valence-corrected chi connectivity index (χ4v) is 3.35. The molecule has 1 aliphatic rings. The van der Waals surface area contributed by atoms with E-state index < -0.39 is 0 Å². The lowest BCUT2D eigenvalue weighted by molar-refractivity contribution is -0.117. The number of carbonyl (C=O) groups excluding carboxylic acids is 3. The lowest BCUT2D eigenvalue weighted by Gasteiger charge is -2.10. The van der Waals surface area contributed by atoms with Crippen molar-refractivity contribution in [2.45, 2.75) is 26.3 Å². The van der Waals surface area contributed by atoms with Crippen LogP contribution >= 0.6 is 0 Å². The summed E-state index contributed by atoms with van der Waals surface area (Å²) < 4.78 is 0. The van der Waals surface area contributed by atoms with Gasteiger partial charge in [-0.25, -0.2) is 4.79 Å². The smallest absolute Gasteiger partial charge is 0.323 e. The predicted octanol–water partition coefficient (Wildman–Crippen LogP) is 4.92. The number of carbonyl (C=O) groups is 3. The first-order valence-electron chi connectivity index (χ1n) is 10.9. The standard InChI is InChI=1S/C26H26N4O3/c1-17-4-2-6-22(14-17)29-26(33)30-23-7-3-5-18(15-23)16-27-24(31)19-10-12-21(13-11-19)28-25(32)20-8-9-20/h2-7,10-15,20H,8-9,16H2,1H3,(H,27,31)(H,28,32)(H2,29,30,33). The van der Waals surface area contributed by atoms with Crippen molar-refractivity contribution >= 4 is 34.9 Å². The van der Waals surface area contributed by atoms with Gasteiger partial charge in [0.05, 0.1) is 0 Å². The van der Waals surface area contributed by atoms with Crippen molar-refractivity contribution in [3.05, 3.63) is 89.5 Å². The molecule has 33 heavy (non-hydrogen) atoms. The Bertz CT molecular complexity index is 1170. The van der Waals surface area contributed by atoms with Crippen LogP contribution in [-0.4, -0.2) is 17.8 Å². The van der Waals surface area contributed by atoms with Gasteiger partial charge in [0.15, 0.2) is 0 Å². The topological polar surface area (TPSA) is 99.3 Å². The Morgan fingerprint density at radius 2 is 1.45 bits per heavy atom. The third-order valence-corrected chi connectivity index (χ3v) is 5.28. The summed E-state index contributed by atoms with van der Waals surface area (Å²) in [4.78, 5) is 36.6. The highest BCUT2D eigenvalue weighted by Gasteiger charge is 2.29. The molecule has 0 spiro atoms. The van der Waals surface area contributed by atoms with Gasteiger partial charge in [-0.3, -0.25) is 9.59 Å². The van der Waals surface area contributed by atoms with Crippen LogP contribution in [0.4, 0.5) is 21.9 Å². The molecule has 4 amide bonds. The van der Waals surface area contributed by atoms with E-state index in [1.807, 2.05) is 49.4 Å². The molecule has 0 atom stereocenters. The van der Waals surface area contributed by atoms with Gasteiger partial charge >= 0.3 is 6.03 Å². The zero-order valence-electron chi connectivity index (χ0n) is 18.4. The van der Waals surface area contributed by atoms with Crippen LogP contribution in [0.5, 0.6) is 0 Å². The number of urea groups is 1. The second kappa shape index (κ2) is 9.99. The van der Waals surface area contributed by atoms with Crippen LogP contribution in [0.25, 0.3) is 0 Å². The number of rotatable bonds is 7. The number of hydrogen-bond donors (Lipinski definition) is 4. The van der Waals surface area contributed by atoms with Gasteiger partial charge in [-0.1, -0.05) is 24.3 Å². The molecular weight excluding hydrogens is 416 g/mol. The Morgan fingerprint density at radius 1 is 0.788 bits per heavy atom. The van der Waals surface area contributed by atoms with Crippen molar-refractivity contribution in [2.24, 2.45) is 5.92 Å². The molecule has 0 bridgehead atoms. The normalized spacial score (nSPS) is 12.5. The molecular formula is C26H26N4O3. The first kappa shape index (κ1) is 22.1. The van der Waals surface area contributed by atoms with Crippen LogP contribution in [0.2, 0.25) is 0 Å². The van der Waals surface area contributed by atoms with E-state index in [1.165, 1.54) is 0 Å². The van der Waals surface area contributed by atoms with Gasteiger partial charge in [0, 0.05) is 35.1 Å². The van der Waals surface area contributed by atoms with Crippen molar-refractivity contribution in [3.63, 3.8) is 0 Å². The number of aryl methyl sites for hydroxylation is 1. The second-order valence-corrected chi connectivity index (χ2v) is 8.17. The van der Waals surface area contributed by atoms with E-state index in [-0.39, 0.29) is 23.8 Å². The summed E-state index contributed by atoms with van der Waals surface area (Å²) >= 11 is 0. The minimum atomic E-state index is -0.337. The van der Waals surface area contributed by atoms with Crippen LogP contribution in [0.3, 0.4) is 0 Å². The minimum absolute atomic E-state index is 0.0354. The Kier molecular flexibility index (Phi) is 6.69. The van der Waals surface area contributed by atoms with Crippen LogP contribution in [0, 0.1) is 12.8 Å². The van der Waals surface area contributed by atoms with Gasteiger partial charge in [-0.2, -0.15) is 0 Å². The molecule has 168 valence electrons. The lowest BCUT2D eigenvalue weighted by atomic mass is 10.1. The summed E-state index contributed by atoms with van der Waals surface area (Å²) in [7, 11) is 0. The number of anilines is 3. The second-order valence-electron chi connectivity index (χ2n) is 8.17. The average Bonchev–Trinajstić information content (AvgIpc) is 3.64. The Morgan fingerprint density at radius 3 is 2.12 bits per heavy atom. The Balaban J connectivity index is 1.28. The first-order chi connectivity index (χ1) is 16.0. The molecule has 1 saturated carbocycles. The van der Waals surface area contributed by atoms with E-state index in [4.69, 9.17) is 0 Å². The highest BCUT2D eigenvalue weighted by molar-refractivity contribution is 6.00. The monoisotopic (exact) mass is 442 g/mol. The highest BCUT2D eigenvalue weighted by atomic mass is 16.2. The molecule has 3 aromatic carbocycles. The average molecular weight is 443 g/mol. The third-order valence-electron chi connectivity index (χ3n) is 5.28. The van der Waals surface area contributed by atoms with Gasteiger partial charge in [0.25, 0.3) is 5.91 Å². The van der Waals surface area contributed by atoms with E-state index in [2.05, 4.69) is 21.3 Å². The molecule has 0 aromatic heterocycles. The van der Waals surface area contributed by atoms with Crippen molar-refractivity contribution in [1.29, 1.82) is 0 Å². The quantitative estimate of drug-likeness (QED) is 0.418. The van der Waals surface area contributed by atoms with Crippen LogP contribution in [-0.2, 0) is 11.3 Å². The minimum Gasteiger partial charge on any atom is -0.348 e. The predicted molar refractivity (Wildman–Crippen MR) is 129 cm³/mol. The SMILES string of the molecule is Cc1cccc(NC(=O)Nc2cccc(CNC(=O)c3ccc(NC(=O)C4CC4)cc3)c2)c1. The van der Waals surface area contributed by atoms with Gasteiger partial charge in [-0.05, 0) is 79.4 Å². The molecule has 7 nitrogen and oxygen atoms in total. The number of amides is 4. The molecule has 4 rings (SSSR count).